The van der Waals surface area contributed by atoms with E-state index in [1.807, 2.05) is 37.3 Å². The third-order valence-electron chi connectivity index (χ3n) is 4.26. The molecule has 0 aliphatic heterocycles. The number of ether oxygens (including phenoxy) is 2. The van der Waals surface area contributed by atoms with Crippen molar-refractivity contribution in [1.29, 1.82) is 0 Å². The Morgan fingerprint density at radius 1 is 1.04 bits per heavy atom. The van der Waals surface area contributed by atoms with Crippen LogP contribution in [0.5, 0.6) is 5.75 Å². The lowest BCUT2D eigenvalue weighted by molar-refractivity contribution is -0.0498. The summed E-state index contributed by atoms with van der Waals surface area (Å²) in [6.45, 7) is -0.710. The molecule has 136 valence electrons. The van der Waals surface area contributed by atoms with Crippen LogP contribution in [-0.2, 0) is 10.3 Å². The molecule has 0 radical (unpaired) electrons. The fourth-order valence-corrected chi connectivity index (χ4v) is 3.09. The highest BCUT2D eigenvalue weighted by Gasteiger charge is 2.34. The molecule has 0 fully saturated rings. The van der Waals surface area contributed by atoms with E-state index in [1.165, 1.54) is 18.2 Å². The standard InChI is InChI=1S/C21H19F3O2/c1-2-25-21(16-8-10-17(11-9-16)26-20(23)24)13-12-18(19(22)14-21)15-6-4-3-5-7-15/h3-14,18,20H,2H2,1H3. The maximum atomic E-state index is 14.9. The van der Waals surface area contributed by atoms with Crippen LogP contribution < -0.4 is 4.74 Å². The highest BCUT2D eigenvalue weighted by atomic mass is 19.3. The molecule has 1 aliphatic rings. The summed E-state index contributed by atoms with van der Waals surface area (Å²) in [7, 11) is 0. The first-order chi connectivity index (χ1) is 12.5. The second kappa shape index (κ2) is 7.79. The van der Waals surface area contributed by atoms with Gasteiger partial charge >= 0.3 is 6.61 Å². The average molecular weight is 360 g/mol. The molecule has 2 unspecified atom stereocenters. The quantitative estimate of drug-likeness (QED) is 0.613. The summed E-state index contributed by atoms with van der Waals surface area (Å²) in [5.74, 6) is -0.743. The molecule has 0 N–H and O–H groups in total. The van der Waals surface area contributed by atoms with Gasteiger partial charge in [0, 0.05) is 6.61 Å². The Labute approximate surface area is 150 Å². The number of hydrogen-bond acceptors (Lipinski definition) is 2. The number of alkyl halides is 2. The average Bonchev–Trinajstić information content (AvgIpc) is 2.63. The van der Waals surface area contributed by atoms with Gasteiger partial charge in [0.25, 0.3) is 0 Å². The summed E-state index contributed by atoms with van der Waals surface area (Å²) in [5.41, 5.74) is 0.412. The van der Waals surface area contributed by atoms with Crippen molar-refractivity contribution in [3.8, 4) is 5.75 Å². The Balaban J connectivity index is 1.92. The molecule has 0 saturated carbocycles. The van der Waals surface area contributed by atoms with Gasteiger partial charge in [-0.2, -0.15) is 8.78 Å². The lowest BCUT2D eigenvalue weighted by Gasteiger charge is -2.32. The van der Waals surface area contributed by atoms with Crippen molar-refractivity contribution in [3.05, 3.63) is 89.8 Å². The summed E-state index contributed by atoms with van der Waals surface area (Å²) in [6.07, 6.45) is 5.02. The van der Waals surface area contributed by atoms with Crippen molar-refractivity contribution in [2.75, 3.05) is 6.61 Å². The molecule has 2 aromatic rings. The van der Waals surface area contributed by atoms with Crippen LogP contribution in [0.15, 0.2) is 78.7 Å². The van der Waals surface area contributed by atoms with E-state index in [0.717, 1.165) is 5.56 Å². The summed E-state index contributed by atoms with van der Waals surface area (Å²) < 4.78 is 49.7. The first-order valence-electron chi connectivity index (χ1n) is 8.36. The minimum absolute atomic E-state index is 0.0433. The van der Waals surface area contributed by atoms with Crippen LogP contribution in [0.1, 0.15) is 24.0 Å². The van der Waals surface area contributed by atoms with Gasteiger partial charge in [0.2, 0.25) is 0 Å². The minimum Gasteiger partial charge on any atom is -0.435 e. The molecule has 2 nitrogen and oxygen atoms in total. The molecule has 0 aromatic heterocycles. The molecule has 0 heterocycles. The number of allylic oxidation sites excluding steroid dienone is 2. The SMILES string of the molecule is CCOC1(c2ccc(OC(F)F)cc2)C=CC(c2ccccc2)C(F)=C1. The Hall–Kier alpha value is -2.53. The van der Waals surface area contributed by atoms with Gasteiger partial charge < -0.3 is 9.47 Å². The van der Waals surface area contributed by atoms with Crippen molar-refractivity contribution >= 4 is 0 Å². The largest absolute Gasteiger partial charge is 0.435 e. The van der Waals surface area contributed by atoms with Crippen LogP contribution in [-0.4, -0.2) is 13.2 Å². The van der Waals surface area contributed by atoms with Crippen LogP contribution in [0.4, 0.5) is 13.2 Å². The molecule has 26 heavy (non-hydrogen) atoms. The van der Waals surface area contributed by atoms with Gasteiger partial charge in [-0.05, 0) is 42.3 Å². The van der Waals surface area contributed by atoms with Gasteiger partial charge in [-0.25, -0.2) is 4.39 Å². The van der Waals surface area contributed by atoms with E-state index in [9.17, 15) is 13.2 Å². The van der Waals surface area contributed by atoms with Crippen molar-refractivity contribution in [1.82, 2.24) is 0 Å². The predicted octanol–water partition coefficient (Wildman–Crippen LogP) is 5.73. The summed E-state index contributed by atoms with van der Waals surface area (Å²) >= 11 is 0. The fraction of sp³-hybridized carbons (Fsp3) is 0.238. The molecular weight excluding hydrogens is 341 g/mol. The van der Waals surface area contributed by atoms with Gasteiger partial charge in [-0.1, -0.05) is 48.5 Å². The zero-order chi connectivity index (χ0) is 18.6. The second-order valence-corrected chi connectivity index (χ2v) is 5.91. The lowest BCUT2D eigenvalue weighted by atomic mass is 9.83. The lowest BCUT2D eigenvalue weighted by Crippen LogP contribution is -2.28. The van der Waals surface area contributed by atoms with Crippen molar-refractivity contribution in [3.63, 3.8) is 0 Å². The number of benzene rings is 2. The van der Waals surface area contributed by atoms with Crippen LogP contribution in [0.3, 0.4) is 0 Å². The van der Waals surface area contributed by atoms with E-state index in [2.05, 4.69) is 4.74 Å². The minimum atomic E-state index is -2.89. The number of rotatable bonds is 6. The van der Waals surface area contributed by atoms with Crippen molar-refractivity contribution in [2.24, 2.45) is 0 Å². The molecule has 2 atom stereocenters. The molecule has 1 aliphatic carbocycles. The first kappa shape index (κ1) is 18.3. The summed E-state index contributed by atoms with van der Waals surface area (Å²) in [6, 6.07) is 15.4. The van der Waals surface area contributed by atoms with E-state index < -0.39 is 18.1 Å². The summed E-state index contributed by atoms with van der Waals surface area (Å²) in [5, 5.41) is 0. The molecule has 2 aromatic carbocycles. The number of hydrogen-bond donors (Lipinski definition) is 0. The monoisotopic (exact) mass is 360 g/mol. The van der Waals surface area contributed by atoms with Gasteiger partial charge in [-0.3, -0.25) is 0 Å². The maximum Gasteiger partial charge on any atom is 0.387 e. The Bertz CT molecular complexity index is 785. The van der Waals surface area contributed by atoms with Gasteiger partial charge in [-0.15, -0.1) is 0 Å². The van der Waals surface area contributed by atoms with E-state index in [0.29, 0.717) is 12.2 Å². The van der Waals surface area contributed by atoms with Crippen LogP contribution in [0, 0.1) is 0 Å². The Morgan fingerprint density at radius 3 is 2.31 bits per heavy atom. The fourth-order valence-electron chi connectivity index (χ4n) is 3.09. The number of halogens is 3. The van der Waals surface area contributed by atoms with Gasteiger partial charge in [0.05, 0.1) is 5.92 Å². The highest BCUT2D eigenvalue weighted by molar-refractivity contribution is 5.44. The Kier molecular flexibility index (Phi) is 5.47. The highest BCUT2D eigenvalue weighted by Crippen LogP contribution is 2.40. The molecule has 0 bridgehead atoms. The zero-order valence-corrected chi connectivity index (χ0v) is 14.2. The van der Waals surface area contributed by atoms with Gasteiger partial charge in [0.15, 0.2) is 0 Å². The summed E-state index contributed by atoms with van der Waals surface area (Å²) in [4.78, 5) is 0. The third kappa shape index (κ3) is 3.83. The third-order valence-corrected chi connectivity index (χ3v) is 4.26. The van der Waals surface area contributed by atoms with E-state index in [-0.39, 0.29) is 11.6 Å². The van der Waals surface area contributed by atoms with Crippen molar-refractivity contribution < 1.29 is 22.6 Å². The topological polar surface area (TPSA) is 18.5 Å². The van der Waals surface area contributed by atoms with Gasteiger partial charge in [0.1, 0.15) is 17.2 Å². The van der Waals surface area contributed by atoms with E-state index >= 15 is 0 Å². The molecule has 0 amide bonds. The van der Waals surface area contributed by atoms with Crippen LogP contribution >= 0.6 is 0 Å². The molecule has 5 heteroatoms. The molecular formula is C21H19F3O2. The first-order valence-corrected chi connectivity index (χ1v) is 8.36. The molecule has 0 spiro atoms. The predicted molar refractivity (Wildman–Crippen MR) is 93.9 cm³/mol. The van der Waals surface area contributed by atoms with Crippen LogP contribution in [0.25, 0.3) is 0 Å². The van der Waals surface area contributed by atoms with Crippen LogP contribution in [0.2, 0.25) is 0 Å². The second-order valence-electron chi connectivity index (χ2n) is 5.91. The van der Waals surface area contributed by atoms with E-state index in [4.69, 9.17) is 4.74 Å². The van der Waals surface area contributed by atoms with E-state index in [1.54, 1.807) is 24.3 Å². The Morgan fingerprint density at radius 2 is 1.73 bits per heavy atom. The molecule has 3 rings (SSSR count). The van der Waals surface area contributed by atoms with Crippen molar-refractivity contribution in [2.45, 2.75) is 25.1 Å². The normalized spacial score (nSPS) is 22.3. The smallest absolute Gasteiger partial charge is 0.387 e. The maximum absolute atomic E-state index is 14.9. The zero-order valence-electron chi connectivity index (χ0n) is 14.2. The molecule has 0 saturated heterocycles.